The van der Waals surface area contributed by atoms with Crippen LogP contribution < -0.4 is 0 Å². The molecule has 2 rings (SSSR count). The lowest BCUT2D eigenvalue weighted by Gasteiger charge is -2.22. The molecule has 0 unspecified atom stereocenters. The van der Waals surface area contributed by atoms with Gasteiger partial charge in [0.2, 0.25) is 0 Å². The molecule has 0 aromatic carbocycles. The second-order valence-electron chi connectivity index (χ2n) is 4.66. The first-order valence-electron chi connectivity index (χ1n) is 6.57. The summed E-state index contributed by atoms with van der Waals surface area (Å²) in [6, 6.07) is 0. The Morgan fingerprint density at radius 3 is 0.952 bits per heavy atom. The molecular weight excluding hydrogens is 284 g/mol. The third-order valence-electron chi connectivity index (χ3n) is 3.25. The summed E-state index contributed by atoms with van der Waals surface area (Å²) >= 11 is 0. The molecule has 0 spiro atoms. The first-order valence-corrected chi connectivity index (χ1v) is 6.57. The lowest BCUT2D eigenvalue weighted by atomic mass is 10.1. The van der Waals surface area contributed by atoms with Crippen molar-refractivity contribution in [1.29, 1.82) is 0 Å². The Morgan fingerprint density at radius 1 is 0.571 bits per heavy atom. The second kappa shape index (κ2) is 13.4. The van der Waals surface area contributed by atoms with E-state index in [-0.39, 0.29) is 16.4 Å². The van der Waals surface area contributed by atoms with Gasteiger partial charge in [-0.1, -0.05) is 0 Å². The monoisotopic (exact) mass is 312 g/mol. The number of carbonyl (C=O) groups is 2. The van der Waals surface area contributed by atoms with Gasteiger partial charge < -0.3 is 36.4 Å². The summed E-state index contributed by atoms with van der Waals surface area (Å²) in [6.07, 6.45) is 4.97. The number of likely N-dealkylation sites (tertiary alicyclic amines) is 2. The van der Waals surface area contributed by atoms with Crippen molar-refractivity contribution in [3.8, 4) is 0 Å². The fraction of sp³-hybridized carbons (Fsp3) is 0.833. The van der Waals surface area contributed by atoms with Crippen LogP contribution in [0.4, 0.5) is 9.59 Å². The molecule has 0 aromatic rings. The Hall–Kier alpha value is -1.58. The van der Waals surface area contributed by atoms with E-state index in [1.165, 1.54) is 22.6 Å². The second-order valence-corrected chi connectivity index (χ2v) is 4.66. The van der Waals surface area contributed by atoms with Crippen molar-refractivity contribution in [2.45, 2.75) is 38.5 Å². The van der Waals surface area contributed by atoms with Crippen LogP contribution in [0.15, 0.2) is 0 Å². The highest BCUT2D eigenvalue weighted by molar-refractivity contribution is 5.65. The lowest BCUT2D eigenvalue weighted by molar-refractivity contribution is 0.135. The Balaban J connectivity index is -0.000000270. The van der Waals surface area contributed by atoms with Gasteiger partial charge >= 0.3 is 12.2 Å². The van der Waals surface area contributed by atoms with Gasteiger partial charge in [-0.05, 0) is 38.5 Å². The molecule has 0 aromatic heterocycles. The molecule has 2 aliphatic rings. The molecule has 128 valence electrons. The van der Waals surface area contributed by atoms with E-state index >= 15 is 0 Å². The zero-order chi connectivity index (χ0) is 13.4. The lowest BCUT2D eigenvalue weighted by Crippen LogP contribution is -2.34. The van der Waals surface area contributed by atoms with E-state index in [9.17, 15) is 9.59 Å². The van der Waals surface area contributed by atoms with E-state index in [2.05, 4.69) is 0 Å². The fourth-order valence-electron chi connectivity index (χ4n) is 2.17. The van der Waals surface area contributed by atoms with Crippen LogP contribution in [0.1, 0.15) is 38.5 Å². The van der Waals surface area contributed by atoms with Crippen LogP contribution in [-0.4, -0.2) is 74.8 Å². The molecule has 2 amide bonds. The summed E-state index contributed by atoms with van der Waals surface area (Å²) in [5.74, 6) is 0. The molecule has 21 heavy (non-hydrogen) atoms. The number of nitrogens with zero attached hydrogens (tertiary/aromatic N) is 2. The molecule has 9 heteroatoms. The molecule has 2 heterocycles. The molecule has 0 radical (unpaired) electrons. The molecule has 8 N–H and O–H groups in total. The number of hydrogen-bond acceptors (Lipinski definition) is 2. The maximum Gasteiger partial charge on any atom is 0.407 e. The largest absolute Gasteiger partial charge is 0.465 e. The predicted molar refractivity (Wildman–Crippen MR) is 77.7 cm³/mol. The van der Waals surface area contributed by atoms with Gasteiger partial charge in [-0.15, -0.1) is 0 Å². The van der Waals surface area contributed by atoms with Crippen molar-refractivity contribution in [1.82, 2.24) is 9.80 Å². The SMILES string of the molecule is O.O.O.O=C(O)N1CCCCC1.O=C(O)N1CCCCC1. The molecule has 0 aliphatic carbocycles. The average molecular weight is 312 g/mol. The highest BCUT2D eigenvalue weighted by Gasteiger charge is 2.14. The standard InChI is InChI=1S/2C6H11NO2.3H2O/c2*8-6(9)7-4-2-1-3-5-7;;;/h2*1-5H2,(H,8,9);3*1H2. The zero-order valence-electron chi connectivity index (χ0n) is 12.2. The molecule has 0 bridgehead atoms. The number of hydrogen-bond donors (Lipinski definition) is 2. The molecule has 0 saturated carbocycles. The highest BCUT2D eigenvalue weighted by Crippen LogP contribution is 2.08. The smallest absolute Gasteiger partial charge is 0.407 e. The maximum atomic E-state index is 10.3. The van der Waals surface area contributed by atoms with Gasteiger partial charge in [0.1, 0.15) is 0 Å². The molecule has 2 saturated heterocycles. The van der Waals surface area contributed by atoms with E-state index in [0.29, 0.717) is 0 Å². The van der Waals surface area contributed by atoms with Crippen LogP contribution in [0.3, 0.4) is 0 Å². The number of rotatable bonds is 0. The van der Waals surface area contributed by atoms with Crippen LogP contribution in [0.2, 0.25) is 0 Å². The highest BCUT2D eigenvalue weighted by atomic mass is 16.4. The van der Waals surface area contributed by atoms with Crippen molar-refractivity contribution >= 4 is 12.2 Å². The summed E-state index contributed by atoms with van der Waals surface area (Å²) in [5.41, 5.74) is 0. The van der Waals surface area contributed by atoms with Gasteiger partial charge in [-0.3, -0.25) is 0 Å². The molecule has 0 atom stereocenters. The minimum atomic E-state index is -0.769. The van der Waals surface area contributed by atoms with E-state index in [0.717, 1.165) is 51.9 Å². The van der Waals surface area contributed by atoms with Crippen molar-refractivity contribution in [3.05, 3.63) is 0 Å². The summed E-state index contributed by atoms with van der Waals surface area (Å²) in [4.78, 5) is 23.5. The number of amides is 2. The molecular formula is C12H28N2O7. The van der Waals surface area contributed by atoms with Gasteiger partial charge in [0.25, 0.3) is 0 Å². The molecule has 2 fully saturated rings. The van der Waals surface area contributed by atoms with Crippen molar-refractivity contribution in [2.75, 3.05) is 26.2 Å². The molecule has 9 nitrogen and oxygen atoms in total. The minimum absolute atomic E-state index is 0. The quantitative estimate of drug-likeness (QED) is 0.631. The average Bonchev–Trinajstić information content (AvgIpc) is 2.41. The minimum Gasteiger partial charge on any atom is -0.465 e. The zero-order valence-corrected chi connectivity index (χ0v) is 12.2. The topological polar surface area (TPSA) is 176 Å². The van der Waals surface area contributed by atoms with E-state index in [1.807, 2.05) is 0 Å². The first-order chi connectivity index (χ1) is 8.61. The van der Waals surface area contributed by atoms with E-state index in [4.69, 9.17) is 10.2 Å². The Kier molecular flexibility index (Phi) is 15.6. The van der Waals surface area contributed by atoms with E-state index < -0.39 is 12.2 Å². The first kappa shape index (κ1) is 24.4. The maximum absolute atomic E-state index is 10.3. The van der Waals surface area contributed by atoms with Gasteiger partial charge in [0.15, 0.2) is 0 Å². The summed E-state index contributed by atoms with van der Waals surface area (Å²) in [5, 5.41) is 16.9. The van der Waals surface area contributed by atoms with Crippen molar-refractivity contribution in [2.24, 2.45) is 0 Å². The fourth-order valence-corrected chi connectivity index (χ4v) is 2.17. The van der Waals surface area contributed by atoms with Crippen LogP contribution in [-0.2, 0) is 0 Å². The van der Waals surface area contributed by atoms with Crippen molar-refractivity contribution in [3.63, 3.8) is 0 Å². The normalized spacial score (nSPS) is 17.0. The van der Waals surface area contributed by atoms with Crippen LogP contribution >= 0.6 is 0 Å². The van der Waals surface area contributed by atoms with Gasteiger partial charge in [-0.25, -0.2) is 9.59 Å². The summed E-state index contributed by atoms with van der Waals surface area (Å²) < 4.78 is 0. The van der Waals surface area contributed by atoms with Crippen molar-refractivity contribution < 1.29 is 36.2 Å². The molecule has 2 aliphatic heterocycles. The number of carboxylic acid groups (broad SMARTS) is 2. The van der Waals surface area contributed by atoms with Gasteiger partial charge in [-0.2, -0.15) is 0 Å². The van der Waals surface area contributed by atoms with Crippen LogP contribution in [0, 0.1) is 0 Å². The van der Waals surface area contributed by atoms with Gasteiger partial charge in [0, 0.05) is 26.2 Å². The summed E-state index contributed by atoms with van der Waals surface area (Å²) in [6.45, 7) is 2.93. The van der Waals surface area contributed by atoms with Crippen LogP contribution in [0.5, 0.6) is 0 Å². The Bertz CT molecular complexity index is 249. The number of piperidine rings is 2. The predicted octanol–water partition coefficient (Wildman–Crippen LogP) is -0.173. The Labute approximate surface area is 124 Å². The third kappa shape index (κ3) is 9.88. The third-order valence-corrected chi connectivity index (χ3v) is 3.25. The van der Waals surface area contributed by atoms with Crippen LogP contribution in [0.25, 0.3) is 0 Å². The van der Waals surface area contributed by atoms with E-state index in [1.54, 1.807) is 0 Å². The summed E-state index contributed by atoms with van der Waals surface area (Å²) in [7, 11) is 0. The Morgan fingerprint density at radius 2 is 0.810 bits per heavy atom. The van der Waals surface area contributed by atoms with Gasteiger partial charge in [0.05, 0.1) is 0 Å².